The van der Waals surface area contributed by atoms with E-state index in [1.807, 2.05) is 0 Å². The SMILES string of the molecule is CCCCC(CC)CC(=CC1(CC)CC(CC)C(CC(=O)OC)OO1)CC. The summed E-state index contributed by atoms with van der Waals surface area (Å²) in [6.07, 6.45) is 12.4. The Balaban J connectivity index is 2.88. The summed E-state index contributed by atoms with van der Waals surface area (Å²) in [5.74, 6) is 0.815. The number of hydrogen-bond donors (Lipinski definition) is 0. The van der Waals surface area contributed by atoms with Crippen molar-refractivity contribution in [1.82, 2.24) is 0 Å². The van der Waals surface area contributed by atoms with Gasteiger partial charge in [0.05, 0.1) is 13.5 Å². The molecule has 0 aromatic rings. The van der Waals surface area contributed by atoms with Gasteiger partial charge in [0.2, 0.25) is 0 Å². The van der Waals surface area contributed by atoms with Gasteiger partial charge in [-0.2, -0.15) is 0 Å². The van der Waals surface area contributed by atoms with Crippen LogP contribution in [-0.4, -0.2) is 24.8 Å². The molecule has 0 aromatic heterocycles. The molecule has 4 atom stereocenters. The molecule has 0 saturated carbocycles. The highest BCUT2D eigenvalue weighted by Gasteiger charge is 2.41. The summed E-state index contributed by atoms with van der Waals surface area (Å²) >= 11 is 0. The predicted molar refractivity (Wildman–Crippen MR) is 110 cm³/mol. The van der Waals surface area contributed by atoms with Crippen molar-refractivity contribution in [3.63, 3.8) is 0 Å². The zero-order chi connectivity index (χ0) is 20.3. The first-order chi connectivity index (χ1) is 13.0. The number of unbranched alkanes of at least 4 members (excludes halogenated alkanes) is 1. The van der Waals surface area contributed by atoms with Crippen LogP contribution in [0.4, 0.5) is 0 Å². The van der Waals surface area contributed by atoms with Crippen molar-refractivity contribution in [3.05, 3.63) is 11.6 Å². The third kappa shape index (κ3) is 7.57. The highest BCUT2D eigenvalue weighted by Crippen LogP contribution is 2.39. The Morgan fingerprint density at radius 3 is 2.52 bits per heavy atom. The van der Waals surface area contributed by atoms with E-state index in [0.717, 1.165) is 38.0 Å². The van der Waals surface area contributed by atoms with Gasteiger partial charge in [-0.1, -0.05) is 78.4 Å². The fourth-order valence-corrected chi connectivity index (χ4v) is 4.08. The van der Waals surface area contributed by atoms with Gasteiger partial charge in [-0.05, 0) is 37.5 Å². The summed E-state index contributed by atoms with van der Waals surface area (Å²) < 4.78 is 4.81. The highest BCUT2D eigenvalue weighted by atomic mass is 17.2. The van der Waals surface area contributed by atoms with Crippen LogP contribution in [0, 0.1) is 11.8 Å². The number of ether oxygens (including phenoxy) is 1. The quantitative estimate of drug-likeness (QED) is 0.223. The van der Waals surface area contributed by atoms with E-state index in [-0.39, 0.29) is 24.1 Å². The normalized spacial score (nSPS) is 27.4. The Labute approximate surface area is 167 Å². The number of allylic oxidation sites excluding steroid dienone is 1. The van der Waals surface area contributed by atoms with Crippen LogP contribution in [0.1, 0.15) is 98.8 Å². The molecule has 27 heavy (non-hydrogen) atoms. The summed E-state index contributed by atoms with van der Waals surface area (Å²) in [4.78, 5) is 23.4. The molecule has 158 valence electrons. The highest BCUT2D eigenvalue weighted by molar-refractivity contribution is 5.69. The Bertz CT molecular complexity index is 459. The summed E-state index contributed by atoms with van der Waals surface area (Å²) in [6.45, 7) is 11.1. The lowest BCUT2D eigenvalue weighted by Gasteiger charge is -2.41. The maximum absolute atomic E-state index is 11.7. The van der Waals surface area contributed by atoms with Gasteiger partial charge >= 0.3 is 5.97 Å². The van der Waals surface area contributed by atoms with E-state index in [9.17, 15) is 4.79 Å². The number of esters is 1. The van der Waals surface area contributed by atoms with Gasteiger partial charge in [0, 0.05) is 0 Å². The fraction of sp³-hybridized carbons (Fsp3) is 0.870. The Kier molecular flexibility index (Phi) is 11.2. The first-order valence-corrected chi connectivity index (χ1v) is 11.1. The lowest BCUT2D eigenvalue weighted by atomic mass is 9.79. The van der Waals surface area contributed by atoms with Crippen LogP contribution in [0.25, 0.3) is 0 Å². The smallest absolute Gasteiger partial charge is 0.308 e. The molecule has 0 aliphatic carbocycles. The van der Waals surface area contributed by atoms with Gasteiger partial charge in [0.25, 0.3) is 0 Å². The molecule has 0 bridgehead atoms. The molecule has 1 aliphatic rings. The molecule has 1 fully saturated rings. The summed E-state index contributed by atoms with van der Waals surface area (Å²) in [7, 11) is 1.42. The summed E-state index contributed by atoms with van der Waals surface area (Å²) in [5.41, 5.74) is 1.10. The van der Waals surface area contributed by atoms with E-state index in [4.69, 9.17) is 14.5 Å². The molecule has 4 heteroatoms. The van der Waals surface area contributed by atoms with Crippen molar-refractivity contribution in [2.45, 2.75) is 111 Å². The second-order valence-electron chi connectivity index (χ2n) is 8.07. The van der Waals surface area contributed by atoms with Gasteiger partial charge in [0.15, 0.2) is 0 Å². The van der Waals surface area contributed by atoms with Crippen molar-refractivity contribution in [1.29, 1.82) is 0 Å². The van der Waals surface area contributed by atoms with Gasteiger partial charge in [-0.3, -0.25) is 4.79 Å². The van der Waals surface area contributed by atoms with Crippen LogP contribution in [0.3, 0.4) is 0 Å². The van der Waals surface area contributed by atoms with Crippen molar-refractivity contribution in [2.24, 2.45) is 11.8 Å². The number of methoxy groups -OCH3 is 1. The summed E-state index contributed by atoms with van der Waals surface area (Å²) in [5, 5.41) is 0. The Morgan fingerprint density at radius 1 is 1.26 bits per heavy atom. The van der Waals surface area contributed by atoms with Crippen molar-refractivity contribution >= 4 is 5.97 Å². The lowest BCUT2D eigenvalue weighted by Crippen LogP contribution is -2.44. The number of carbonyl (C=O) groups is 1. The van der Waals surface area contributed by atoms with Crippen LogP contribution in [-0.2, 0) is 19.3 Å². The van der Waals surface area contributed by atoms with Gasteiger partial charge in [-0.25, -0.2) is 9.78 Å². The second kappa shape index (κ2) is 12.6. The zero-order valence-corrected chi connectivity index (χ0v) is 18.5. The van der Waals surface area contributed by atoms with E-state index in [0.29, 0.717) is 5.92 Å². The molecule has 0 aromatic carbocycles. The number of hydrogen-bond acceptors (Lipinski definition) is 4. The number of rotatable bonds is 12. The average molecular weight is 383 g/mol. The van der Waals surface area contributed by atoms with Crippen LogP contribution in [0.15, 0.2) is 11.6 Å². The standard InChI is InChI=1S/C23H42O4/c1-7-12-13-18(8-2)14-19(9-3)16-23(11-5)17-20(10-4)21(26-27-23)15-22(24)25-6/h16,18,20-21H,7-15,17H2,1-6H3. The molecule has 0 radical (unpaired) electrons. The molecule has 1 heterocycles. The molecule has 1 aliphatic heterocycles. The van der Waals surface area contributed by atoms with Crippen LogP contribution >= 0.6 is 0 Å². The maximum Gasteiger partial charge on any atom is 0.308 e. The van der Waals surface area contributed by atoms with Crippen molar-refractivity contribution in [3.8, 4) is 0 Å². The zero-order valence-electron chi connectivity index (χ0n) is 18.5. The van der Waals surface area contributed by atoms with Crippen molar-refractivity contribution in [2.75, 3.05) is 7.11 Å². The third-order valence-electron chi connectivity index (χ3n) is 6.20. The van der Waals surface area contributed by atoms with E-state index in [2.05, 4.69) is 40.7 Å². The molecule has 4 nitrogen and oxygen atoms in total. The van der Waals surface area contributed by atoms with E-state index in [1.165, 1.54) is 38.4 Å². The largest absolute Gasteiger partial charge is 0.469 e. The first kappa shape index (κ1) is 24.2. The predicted octanol–water partition coefficient (Wildman–Crippen LogP) is 6.39. The van der Waals surface area contributed by atoms with Crippen molar-refractivity contribution < 1.29 is 19.3 Å². The lowest BCUT2D eigenvalue weighted by molar-refractivity contribution is -0.409. The molecular weight excluding hydrogens is 340 g/mol. The van der Waals surface area contributed by atoms with Gasteiger partial charge in [-0.15, -0.1) is 0 Å². The topological polar surface area (TPSA) is 44.8 Å². The van der Waals surface area contributed by atoms with E-state index >= 15 is 0 Å². The Morgan fingerprint density at radius 2 is 2.00 bits per heavy atom. The first-order valence-electron chi connectivity index (χ1n) is 11.1. The molecular formula is C23H42O4. The van der Waals surface area contributed by atoms with Gasteiger partial charge < -0.3 is 4.74 Å². The van der Waals surface area contributed by atoms with Crippen LogP contribution < -0.4 is 0 Å². The minimum Gasteiger partial charge on any atom is -0.469 e. The molecule has 0 amide bonds. The monoisotopic (exact) mass is 382 g/mol. The fourth-order valence-electron chi connectivity index (χ4n) is 4.08. The van der Waals surface area contributed by atoms with Gasteiger partial charge in [0.1, 0.15) is 11.7 Å². The third-order valence-corrected chi connectivity index (χ3v) is 6.20. The van der Waals surface area contributed by atoms with Crippen LogP contribution in [0.5, 0.6) is 0 Å². The van der Waals surface area contributed by atoms with E-state index < -0.39 is 0 Å². The molecule has 0 N–H and O–H groups in total. The minimum absolute atomic E-state index is 0.214. The maximum atomic E-state index is 11.7. The molecule has 0 spiro atoms. The Hall–Kier alpha value is -0.870. The average Bonchev–Trinajstić information content (AvgIpc) is 2.71. The van der Waals surface area contributed by atoms with Crippen LogP contribution in [0.2, 0.25) is 0 Å². The van der Waals surface area contributed by atoms with E-state index in [1.54, 1.807) is 0 Å². The minimum atomic E-state index is -0.373. The molecule has 1 rings (SSSR count). The number of carbonyl (C=O) groups excluding carboxylic acids is 1. The second-order valence-corrected chi connectivity index (χ2v) is 8.07. The molecule has 4 unspecified atom stereocenters. The molecule has 1 saturated heterocycles. The summed E-state index contributed by atoms with van der Waals surface area (Å²) in [6, 6.07) is 0.